The molecule has 69 heavy (non-hydrogen) atoms. The molecule has 0 saturated carbocycles. The van der Waals surface area contributed by atoms with Gasteiger partial charge in [-0.05, 0) is 52.8 Å². The van der Waals surface area contributed by atoms with Gasteiger partial charge in [-0.25, -0.2) is 9.36 Å². The summed E-state index contributed by atoms with van der Waals surface area (Å²) in [5.74, 6) is 1.65. The second kappa shape index (κ2) is 26.1. The third-order valence-electron chi connectivity index (χ3n) is 11.4. The predicted octanol–water partition coefficient (Wildman–Crippen LogP) is 8.70. The highest BCUT2D eigenvalue weighted by Crippen LogP contribution is 2.32. The van der Waals surface area contributed by atoms with E-state index in [0.29, 0.717) is 50.9 Å². The van der Waals surface area contributed by atoms with Crippen molar-refractivity contribution in [2.24, 2.45) is 0 Å². The van der Waals surface area contributed by atoms with Gasteiger partial charge < -0.3 is 37.9 Å². The number of rotatable bonds is 28. The van der Waals surface area contributed by atoms with Crippen molar-refractivity contribution < 1.29 is 37.9 Å². The lowest BCUT2D eigenvalue weighted by atomic mass is 9.97. The zero-order valence-electron chi connectivity index (χ0n) is 38.8. The van der Waals surface area contributed by atoms with Crippen LogP contribution in [0, 0.1) is 0 Å². The zero-order chi connectivity index (χ0) is 47.3. The normalized spacial score (nSPS) is 17.9. The zero-order valence-corrected chi connectivity index (χ0v) is 38.8. The van der Waals surface area contributed by atoms with Crippen molar-refractivity contribution in [1.29, 1.82) is 0 Å². The van der Waals surface area contributed by atoms with Crippen LogP contribution in [-0.2, 0) is 87.4 Å². The molecule has 5 atom stereocenters. The van der Waals surface area contributed by atoms with Gasteiger partial charge in [0.25, 0.3) is 0 Å². The smallest absolute Gasteiger partial charge is 0.187 e. The summed E-state index contributed by atoms with van der Waals surface area (Å²) in [4.78, 5) is 0. The molecule has 1 fully saturated rings. The highest BCUT2D eigenvalue weighted by Gasteiger charge is 2.49. The van der Waals surface area contributed by atoms with E-state index in [1.165, 1.54) is 0 Å². The first-order chi connectivity index (χ1) is 34.1. The third kappa shape index (κ3) is 14.6. The molecule has 0 spiro atoms. The molecular weight excluding hydrogens is 873 g/mol. The lowest BCUT2D eigenvalue weighted by Gasteiger charge is -2.45. The minimum Gasteiger partial charge on any atom is -0.491 e. The van der Waals surface area contributed by atoms with Gasteiger partial charge in [-0.1, -0.05) is 150 Å². The van der Waals surface area contributed by atoms with E-state index in [-0.39, 0.29) is 26.4 Å². The molecule has 3 heterocycles. The molecule has 2 aromatic heterocycles. The van der Waals surface area contributed by atoms with Crippen molar-refractivity contribution in [3.8, 4) is 11.5 Å². The quantitative estimate of drug-likeness (QED) is 0.0435. The van der Waals surface area contributed by atoms with Crippen LogP contribution in [0.5, 0.6) is 11.5 Å². The van der Waals surface area contributed by atoms with E-state index in [4.69, 9.17) is 37.9 Å². The first-order valence-electron chi connectivity index (χ1n) is 23.3. The molecule has 14 heteroatoms. The molecule has 0 radical (unpaired) electrons. The molecule has 7 aromatic rings. The number of para-hydroxylation sites is 2. The van der Waals surface area contributed by atoms with Gasteiger partial charge in [0.1, 0.15) is 60.5 Å². The van der Waals surface area contributed by atoms with Crippen molar-refractivity contribution in [3.05, 3.63) is 216 Å². The van der Waals surface area contributed by atoms with Gasteiger partial charge in [-0.15, -0.1) is 23.4 Å². The number of aromatic nitrogens is 6. The Morgan fingerprint density at radius 2 is 0.942 bits per heavy atom. The Balaban J connectivity index is 0.988. The lowest BCUT2D eigenvalue weighted by Crippen LogP contribution is -2.61. The van der Waals surface area contributed by atoms with Crippen molar-refractivity contribution in [2.75, 3.05) is 19.8 Å². The number of hydrogen-bond acceptors (Lipinski definition) is 12. The second-order valence-electron chi connectivity index (χ2n) is 16.5. The van der Waals surface area contributed by atoms with Crippen LogP contribution in [0.25, 0.3) is 0 Å². The van der Waals surface area contributed by atoms with E-state index in [9.17, 15) is 0 Å². The SMILES string of the molecule is C=CCc1ccccc1OCCn1cc(COC[C@H]2O[C@H](OCc3cn(CCOc4ccccc4CC=C)nn3)[C@H](OCc3ccccc3)[C@@H](OCc3ccccc3)[C@@H]2OCc2ccccc2)nn1. The Hall–Kier alpha value is -6.78. The minimum atomic E-state index is -0.924. The van der Waals surface area contributed by atoms with E-state index in [0.717, 1.165) is 52.2 Å². The molecule has 0 N–H and O–H groups in total. The van der Waals surface area contributed by atoms with E-state index in [1.807, 2.05) is 164 Å². The fourth-order valence-electron chi connectivity index (χ4n) is 7.92. The Morgan fingerprint density at radius 1 is 0.493 bits per heavy atom. The summed E-state index contributed by atoms with van der Waals surface area (Å²) in [6, 6.07) is 45.9. The minimum absolute atomic E-state index is 0.0834. The van der Waals surface area contributed by atoms with Gasteiger partial charge >= 0.3 is 0 Å². The number of ether oxygens (including phenoxy) is 8. The molecule has 0 aliphatic carbocycles. The summed E-state index contributed by atoms with van der Waals surface area (Å²) in [6.45, 7) is 10.8. The number of allylic oxidation sites excluding steroid dienone is 2. The summed E-state index contributed by atoms with van der Waals surface area (Å²) < 4.78 is 56.1. The van der Waals surface area contributed by atoms with Crippen LogP contribution in [0.4, 0.5) is 0 Å². The summed E-state index contributed by atoms with van der Waals surface area (Å²) in [5, 5.41) is 17.5. The predicted molar refractivity (Wildman–Crippen MR) is 260 cm³/mol. The maximum atomic E-state index is 6.89. The molecule has 0 amide bonds. The van der Waals surface area contributed by atoms with Gasteiger partial charge in [-0.2, -0.15) is 0 Å². The van der Waals surface area contributed by atoms with Crippen molar-refractivity contribution in [1.82, 2.24) is 30.0 Å². The Kier molecular flexibility index (Phi) is 18.4. The molecule has 14 nitrogen and oxygen atoms in total. The van der Waals surface area contributed by atoms with Crippen molar-refractivity contribution in [3.63, 3.8) is 0 Å². The molecule has 1 aliphatic heterocycles. The highest BCUT2D eigenvalue weighted by molar-refractivity contribution is 5.35. The van der Waals surface area contributed by atoms with E-state index in [1.54, 1.807) is 9.36 Å². The third-order valence-corrected chi connectivity index (χ3v) is 11.4. The van der Waals surface area contributed by atoms with Crippen molar-refractivity contribution >= 4 is 0 Å². The average Bonchev–Trinajstić information content (AvgIpc) is 4.05. The number of hydrogen-bond donors (Lipinski definition) is 0. The van der Waals surface area contributed by atoms with Gasteiger partial charge in [0.2, 0.25) is 0 Å². The van der Waals surface area contributed by atoms with E-state index >= 15 is 0 Å². The van der Waals surface area contributed by atoms with Crippen LogP contribution < -0.4 is 9.47 Å². The first kappa shape index (κ1) is 48.7. The van der Waals surface area contributed by atoms with Gasteiger partial charge in [-0.3, -0.25) is 0 Å². The Morgan fingerprint density at radius 3 is 1.45 bits per heavy atom. The fraction of sp³-hybridized carbons (Fsp3) is 0.309. The topological polar surface area (TPSA) is 135 Å². The van der Waals surface area contributed by atoms with Gasteiger partial charge in [0.05, 0.1) is 65.1 Å². The fourth-order valence-corrected chi connectivity index (χ4v) is 7.92. The van der Waals surface area contributed by atoms with Crippen LogP contribution >= 0.6 is 0 Å². The van der Waals surface area contributed by atoms with E-state index < -0.39 is 30.7 Å². The number of benzene rings is 5. The van der Waals surface area contributed by atoms with Crippen molar-refractivity contribution in [2.45, 2.75) is 89.7 Å². The van der Waals surface area contributed by atoms with E-state index in [2.05, 4.69) is 33.8 Å². The standard InChI is InChI=1S/C55H60N6O8/c1-3-18-45-26-14-16-28-49(45)63-32-30-60-34-47(56-58-60)39-62-41-51-52(65-36-42-20-8-5-9-21-42)53(66-37-43-22-10-6-11-23-43)54(67-38-44-24-12-7-13-25-44)55(69-51)68-40-48-35-61(59-57-48)31-33-64-50-29-17-15-27-46(50)19-4-2/h3-17,20-29,34-35,51-55H,1-2,18-19,30-33,36-41H2/t51-,52-,53+,54-,55+/m1/s1. The summed E-state index contributed by atoms with van der Waals surface area (Å²) >= 11 is 0. The molecule has 0 unspecified atom stereocenters. The van der Waals surface area contributed by atoms with Gasteiger partial charge in [0.15, 0.2) is 6.29 Å². The van der Waals surface area contributed by atoms with Crippen LogP contribution in [0.15, 0.2) is 177 Å². The molecule has 8 rings (SSSR count). The molecule has 1 aliphatic rings. The first-order valence-corrected chi connectivity index (χ1v) is 23.3. The summed E-state index contributed by atoms with van der Waals surface area (Å²) in [6.07, 6.45) is 5.24. The molecular formula is C55H60N6O8. The largest absolute Gasteiger partial charge is 0.491 e. The van der Waals surface area contributed by atoms with Crippen LogP contribution in [0.2, 0.25) is 0 Å². The highest BCUT2D eigenvalue weighted by atomic mass is 16.7. The number of nitrogens with zero attached hydrogens (tertiary/aromatic N) is 6. The average molecular weight is 933 g/mol. The Labute approximate surface area is 404 Å². The molecule has 1 saturated heterocycles. The van der Waals surface area contributed by atoms with Gasteiger partial charge in [0, 0.05) is 0 Å². The maximum absolute atomic E-state index is 6.89. The monoisotopic (exact) mass is 932 g/mol. The molecule has 0 bridgehead atoms. The maximum Gasteiger partial charge on any atom is 0.187 e. The van der Waals surface area contributed by atoms with Crippen LogP contribution in [0.3, 0.4) is 0 Å². The molecule has 358 valence electrons. The Bertz CT molecular complexity index is 2590. The summed E-state index contributed by atoms with van der Waals surface area (Å²) in [7, 11) is 0. The van der Waals surface area contributed by atoms with Crippen LogP contribution in [-0.4, -0.2) is 80.5 Å². The van der Waals surface area contributed by atoms with Crippen LogP contribution in [0.1, 0.15) is 39.2 Å². The second-order valence-corrected chi connectivity index (χ2v) is 16.5. The summed E-state index contributed by atoms with van der Waals surface area (Å²) in [5.41, 5.74) is 6.40. The lowest BCUT2D eigenvalue weighted by molar-refractivity contribution is -0.331. The molecule has 5 aromatic carbocycles.